The molecule has 0 unspecified atom stereocenters. The zero-order valence-electron chi connectivity index (χ0n) is 13.0. The van der Waals surface area contributed by atoms with Crippen molar-refractivity contribution in [1.29, 1.82) is 0 Å². The summed E-state index contributed by atoms with van der Waals surface area (Å²) >= 11 is 0. The highest BCUT2D eigenvalue weighted by Crippen LogP contribution is 2.29. The van der Waals surface area contributed by atoms with Crippen LogP contribution in [0.3, 0.4) is 0 Å². The third-order valence-corrected chi connectivity index (χ3v) is 4.33. The van der Waals surface area contributed by atoms with Gasteiger partial charge in [0.05, 0.1) is 5.69 Å². The molecule has 0 fully saturated rings. The number of fused-ring (bicyclic) bond motifs is 1. The van der Waals surface area contributed by atoms with E-state index in [9.17, 15) is 0 Å². The van der Waals surface area contributed by atoms with Crippen molar-refractivity contribution < 1.29 is 0 Å². The first-order valence-electron chi connectivity index (χ1n) is 7.99. The molecule has 0 atom stereocenters. The second-order valence-corrected chi connectivity index (χ2v) is 6.20. The van der Waals surface area contributed by atoms with Gasteiger partial charge in [-0.3, -0.25) is 4.99 Å². The highest BCUT2D eigenvalue weighted by Gasteiger charge is 2.11. The van der Waals surface area contributed by atoms with Crippen LogP contribution in [0.5, 0.6) is 0 Å². The smallest absolute Gasteiger partial charge is 0.0664 e. The van der Waals surface area contributed by atoms with E-state index in [0.717, 1.165) is 5.69 Å². The largest absolute Gasteiger partial charge is 0.256 e. The predicted molar refractivity (Wildman–Crippen MR) is 90.9 cm³/mol. The first-order valence-corrected chi connectivity index (χ1v) is 7.99. The van der Waals surface area contributed by atoms with Crippen molar-refractivity contribution in [2.75, 3.05) is 0 Å². The van der Waals surface area contributed by atoms with Crippen LogP contribution in [0.1, 0.15) is 54.9 Å². The van der Waals surface area contributed by atoms with Gasteiger partial charge in [-0.25, -0.2) is 0 Å². The van der Waals surface area contributed by atoms with E-state index >= 15 is 0 Å². The number of rotatable bonds is 3. The van der Waals surface area contributed by atoms with Crippen molar-refractivity contribution in [1.82, 2.24) is 0 Å². The number of hydrogen-bond acceptors (Lipinski definition) is 1. The highest BCUT2D eigenvalue weighted by atomic mass is 14.7. The predicted octanol–water partition coefficient (Wildman–Crippen LogP) is 5.44. The van der Waals surface area contributed by atoms with Crippen LogP contribution in [0.15, 0.2) is 47.5 Å². The molecule has 21 heavy (non-hydrogen) atoms. The van der Waals surface area contributed by atoms with Gasteiger partial charge in [-0.2, -0.15) is 0 Å². The van der Waals surface area contributed by atoms with E-state index in [2.05, 4.69) is 56.3 Å². The van der Waals surface area contributed by atoms with Gasteiger partial charge in [0.25, 0.3) is 0 Å². The van der Waals surface area contributed by atoms with Crippen LogP contribution in [-0.2, 0) is 12.8 Å². The molecule has 0 aliphatic heterocycles. The Bertz CT molecular complexity index is 635. The Labute approximate surface area is 127 Å². The normalized spacial score (nSPS) is 14.6. The summed E-state index contributed by atoms with van der Waals surface area (Å²) in [6.07, 6.45) is 6.99. The molecular formula is C20H23N. The van der Waals surface area contributed by atoms with Crippen molar-refractivity contribution in [2.24, 2.45) is 4.99 Å². The van der Waals surface area contributed by atoms with E-state index in [1.54, 1.807) is 0 Å². The summed E-state index contributed by atoms with van der Waals surface area (Å²) in [5.74, 6) is 0.581. The van der Waals surface area contributed by atoms with Crippen LogP contribution in [0.25, 0.3) is 0 Å². The Morgan fingerprint density at radius 3 is 2.48 bits per heavy atom. The van der Waals surface area contributed by atoms with Gasteiger partial charge in [0.15, 0.2) is 0 Å². The second kappa shape index (κ2) is 6.26. The topological polar surface area (TPSA) is 12.4 Å². The van der Waals surface area contributed by atoms with Crippen LogP contribution in [0, 0.1) is 0 Å². The summed E-state index contributed by atoms with van der Waals surface area (Å²) in [7, 11) is 0. The van der Waals surface area contributed by atoms with Gasteiger partial charge >= 0.3 is 0 Å². The first-order chi connectivity index (χ1) is 10.2. The Morgan fingerprint density at radius 2 is 1.71 bits per heavy atom. The third-order valence-electron chi connectivity index (χ3n) is 4.33. The lowest BCUT2D eigenvalue weighted by molar-refractivity contribution is 0.686. The molecule has 3 rings (SSSR count). The maximum atomic E-state index is 4.74. The lowest BCUT2D eigenvalue weighted by Gasteiger charge is -2.17. The Morgan fingerprint density at radius 1 is 0.952 bits per heavy atom. The molecule has 0 saturated heterocycles. The lowest BCUT2D eigenvalue weighted by atomic mass is 9.90. The Hall–Kier alpha value is -1.89. The average molecular weight is 277 g/mol. The van der Waals surface area contributed by atoms with E-state index in [0.29, 0.717) is 5.92 Å². The monoisotopic (exact) mass is 277 g/mol. The molecule has 2 aromatic rings. The van der Waals surface area contributed by atoms with Gasteiger partial charge in [0, 0.05) is 6.21 Å². The summed E-state index contributed by atoms with van der Waals surface area (Å²) in [5, 5.41) is 0. The highest BCUT2D eigenvalue weighted by molar-refractivity contribution is 5.82. The van der Waals surface area contributed by atoms with Gasteiger partial charge in [-0.05, 0) is 59.9 Å². The molecule has 1 nitrogen and oxygen atoms in total. The van der Waals surface area contributed by atoms with E-state index < -0.39 is 0 Å². The maximum Gasteiger partial charge on any atom is 0.0664 e. The molecule has 0 radical (unpaired) electrons. The van der Waals surface area contributed by atoms with Crippen LogP contribution in [0.4, 0.5) is 5.69 Å². The molecule has 0 saturated carbocycles. The van der Waals surface area contributed by atoms with E-state index in [-0.39, 0.29) is 0 Å². The minimum atomic E-state index is 0.581. The molecule has 1 heteroatoms. The molecular weight excluding hydrogens is 254 g/mol. The van der Waals surface area contributed by atoms with Crippen LogP contribution in [-0.4, -0.2) is 6.21 Å². The standard InChI is InChI=1S/C20H23N/c1-15(2)17-12-10-16(11-13-17)14-21-20-9-5-7-18-6-3-4-8-19(18)20/h5,7,9-15H,3-4,6,8H2,1-2H3. The maximum absolute atomic E-state index is 4.74. The quantitative estimate of drug-likeness (QED) is 0.662. The van der Waals surface area contributed by atoms with Gasteiger partial charge in [-0.15, -0.1) is 0 Å². The summed E-state index contributed by atoms with van der Waals surface area (Å²) in [6, 6.07) is 15.3. The Balaban J connectivity index is 1.83. The van der Waals surface area contributed by atoms with Crippen molar-refractivity contribution >= 4 is 11.9 Å². The number of nitrogens with zero attached hydrogens (tertiary/aromatic N) is 1. The zero-order chi connectivity index (χ0) is 14.7. The van der Waals surface area contributed by atoms with Crippen molar-refractivity contribution in [3.05, 3.63) is 64.7 Å². The first kappa shape index (κ1) is 14.1. The van der Waals surface area contributed by atoms with Crippen LogP contribution in [0.2, 0.25) is 0 Å². The minimum Gasteiger partial charge on any atom is -0.256 e. The molecule has 0 heterocycles. The summed E-state index contributed by atoms with van der Waals surface area (Å²) in [6.45, 7) is 4.44. The number of aliphatic imine (C=N–C) groups is 1. The fourth-order valence-electron chi connectivity index (χ4n) is 2.99. The molecule has 0 amide bonds. The minimum absolute atomic E-state index is 0.581. The molecule has 1 aliphatic carbocycles. The van der Waals surface area contributed by atoms with Crippen molar-refractivity contribution in [3.63, 3.8) is 0 Å². The molecule has 2 aromatic carbocycles. The summed E-state index contributed by atoms with van der Waals surface area (Å²) in [5.41, 5.74) is 6.65. The molecule has 0 N–H and O–H groups in total. The third kappa shape index (κ3) is 3.24. The van der Waals surface area contributed by atoms with Gasteiger partial charge < -0.3 is 0 Å². The second-order valence-electron chi connectivity index (χ2n) is 6.20. The fraction of sp³-hybridized carbons (Fsp3) is 0.350. The fourth-order valence-corrected chi connectivity index (χ4v) is 2.99. The van der Waals surface area contributed by atoms with Gasteiger partial charge in [0.1, 0.15) is 0 Å². The SMILES string of the molecule is CC(C)c1ccc(C=Nc2cccc3c2CCCC3)cc1. The zero-order valence-corrected chi connectivity index (χ0v) is 13.0. The van der Waals surface area contributed by atoms with E-state index in [4.69, 9.17) is 4.99 Å². The molecule has 0 spiro atoms. The number of aryl methyl sites for hydroxylation is 1. The van der Waals surface area contributed by atoms with E-state index in [1.165, 1.54) is 47.9 Å². The van der Waals surface area contributed by atoms with Gasteiger partial charge in [-0.1, -0.05) is 50.2 Å². The number of benzene rings is 2. The lowest BCUT2D eigenvalue weighted by Crippen LogP contribution is -2.02. The average Bonchev–Trinajstić information content (AvgIpc) is 2.53. The molecule has 0 bridgehead atoms. The van der Waals surface area contributed by atoms with Crippen LogP contribution >= 0.6 is 0 Å². The summed E-state index contributed by atoms with van der Waals surface area (Å²) in [4.78, 5) is 4.74. The summed E-state index contributed by atoms with van der Waals surface area (Å²) < 4.78 is 0. The van der Waals surface area contributed by atoms with Gasteiger partial charge in [0.2, 0.25) is 0 Å². The molecule has 0 aromatic heterocycles. The van der Waals surface area contributed by atoms with E-state index in [1.807, 2.05) is 6.21 Å². The van der Waals surface area contributed by atoms with Crippen LogP contribution < -0.4 is 0 Å². The Kier molecular flexibility index (Phi) is 4.19. The molecule has 108 valence electrons. The van der Waals surface area contributed by atoms with Crippen molar-refractivity contribution in [2.45, 2.75) is 45.4 Å². The molecule has 1 aliphatic rings. The number of hydrogen-bond donors (Lipinski definition) is 0. The van der Waals surface area contributed by atoms with Crippen molar-refractivity contribution in [3.8, 4) is 0 Å².